The minimum absolute atomic E-state index is 0.206. The first-order valence-corrected chi connectivity index (χ1v) is 9.53. The highest BCUT2D eigenvalue weighted by Gasteiger charge is 2.12. The minimum Gasteiger partial charge on any atom is -0.493 e. The van der Waals surface area contributed by atoms with Crippen molar-refractivity contribution in [1.29, 1.82) is 0 Å². The van der Waals surface area contributed by atoms with E-state index in [0.29, 0.717) is 23.7 Å². The fourth-order valence-corrected chi connectivity index (χ4v) is 3.25. The largest absolute Gasteiger partial charge is 0.493 e. The Hall–Kier alpha value is -2.67. The molecule has 0 aliphatic carbocycles. The van der Waals surface area contributed by atoms with Crippen LogP contribution in [0.15, 0.2) is 41.3 Å². The van der Waals surface area contributed by atoms with E-state index in [9.17, 15) is 9.59 Å². The molecule has 2 rings (SSSR count). The summed E-state index contributed by atoms with van der Waals surface area (Å²) in [6, 6.07) is 10.9. The molecule has 2 amide bonds. The highest BCUT2D eigenvalue weighted by molar-refractivity contribution is 8.00. The standard InChI is InChI=1S/C20H24N2O4S/c1-5-26-16-9-8-15(11-17(16)25-4)20(24)22-21-19(23)12-27-18-10-13(2)6-7-14(18)3/h6-11H,5,12H2,1-4H3,(H,21,23)(H,22,24). The molecule has 2 N–H and O–H groups in total. The molecule has 0 radical (unpaired) electrons. The van der Waals surface area contributed by atoms with E-state index in [2.05, 4.69) is 10.9 Å². The molecule has 0 spiro atoms. The number of rotatable bonds is 7. The first kappa shape index (κ1) is 20.6. The van der Waals surface area contributed by atoms with Crippen LogP contribution in [0, 0.1) is 13.8 Å². The maximum Gasteiger partial charge on any atom is 0.269 e. The predicted molar refractivity (Wildman–Crippen MR) is 106 cm³/mol. The van der Waals surface area contributed by atoms with Gasteiger partial charge in [0.15, 0.2) is 11.5 Å². The summed E-state index contributed by atoms with van der Waals surface area (Å²) in [5.74, 6) is 0.511. The zero-order chi connectivity index (χ0) is 19.8. The molecule has 6 nitrogen and oxygen atoms in total. The Bertz CT molecular complexity index is 824. The summed E-state index contributed by atoms with van der Waals surface area (Å²) in [6.45, 7) is 6.37. The molecule has 0 saturated carbocycles. The molecule has 7 heteroatoms. The van der Waals surface area contributed by atoms with E-state index >= 15 is 0 Å². The quantitative estimate of drug-likeness (QED) is 0.562. The second kappa shape index (κ2) is 9.87. The van der Waals surface area contributed by atoms with E-state index < -0.39 is 5.91 Å². The highest BCUT2D eigenvalue weighted by Crippen LogP contribution is 2.28. The van der Waals surface area contributed by atoms with Gasteiger partial charge in [0, 0.05) is 10.5 Å². The molecule has 27 heavy (non-hydrogen) atoms. The predicted octanol–water partition coefficient (Wildman–Crippen LogP) is 3.26. The first-order chi connectivity index (χ1) is 12.9. The number of aryl methyl sites for hydroxylation is 2. The maximum atomic E-state index is 12.2. The van der Waals surface area contributed by atoms with Gasteiger partial charge in [-0.25, -0.2) is 0 Å². The van der Waals surface area contributed by atoms with Crippen molar-refractivity contribution in [2.45, 2.75) is 25.7 Å². The zero-order valence-electron chi connectivity index (χ0n) is 15.9. The third-order valence-corrected chi connectivity index (χ3v) is 4.90. The van der Waals surface area contributed by atoms with Gasteiger partial charge in [0.25, 0.3) is 5.91 Å². The lowest BCUT2D eigenvalue weighted by Crippen LogP contribution is -2.42. The number of thioether (sulfide) groups is 1. The van der Waals surface area contributed by atoms with Gasteiger partial charge in [-0.15, -0.1) is 11.8 Å². The molecule has 0 saturated heterocycles. The number of carbonyl (C=O) groups excluding carboxylic acids is 2. The SMILES string of the molecule is CCOc1ccc(C(=O)NNC(=O)CSc2cc(C)ccc2C)cc1OC. The third kappa shape index (κ3) is 5.92. The highest BCUT2D eigenvalue weighted by atomic mass is 32.2. The lowest BCUT2D eigenvalue weighted by Gasteiger charge is -2.12. The Balaban J connectivity index is 1.89. The van der Waals surface area contributed by atoms with Crippen LogP contribution in [0.3, 0.4) is 0 Å². The minimum atomic E-state index is -0.429. The molecule has 0 atom stereocenters. The van der Waals surface area contributed by atoms with Crippen molar-refractivity contribution in [3.63, 3.8) is 0 Å². The number of benzene rings is 2. The summed E-state index contributed by atoms with van der Waals surface area (Å²) >= 11 is 1.43. The second-order valence-electron chi connectivity index (χ2n) is 5.86. The van der Waals surface area contributed by atoms with Gasteiger partial charge in [0.2, 0.25) is 5.91 Å². The number of ether oxygens (including phenoxy) is 2. The number of methoxy groups -OCH3 is 1. The van der Waals surface area contributed by atoms with Crippen molar-refractivity contribution in [2.75, 3.05) is 19.5 Å². The van der Waals surface area contributed by atoms with Crippen LogP contribution >= 0.6 is 11.8 Å². The topological polar surface area (TPSA) is 76.7 Å². The van der Waals surface area contributed by atoms with Crippen molar-refractivity contribution in [2.24, 2.45) is 0 Å². The number of nitrogens with one attached hydrogen (secondary N) is 2. The smallest absolute Gasteiger partial charge is 0.269 e. The van der Waals surface area contributed by atoms with Gasteiger partial charge >= 0.3 is 0 Å². The van der Waals surface area contributed by atoms with Gasteiger partial charge in [0.1, 0.15) is 0 Å². The molecular weight excluding hydrogens is 364 g/mol. The van der Waals surface area contributed by atoms with Crippen molar-refractivity contribution < 1.29 is 19.1 Å². The maximum absolute atomic E-state index is 12.2. The number of hydrazine groups is 1. The van der Waals surface area contributed by atoms with Crippen molar-refractivity contribution in [3.8, 4) is 11.5 Å². The number of hydrogen-bond acceptors (Lipinski definition) is 5. The van der Waals surface area contributed by atoms with Gasteiger partial charge < -0.3 is 9.47 Å². The van der Waals surface area contributed by atoms with Crippen LogP contribution in [-0.4, -0.2) is 31.3 Å². The van der Waals surface area contributed by atoms with E-state index in [1.165, 1.54) is 18.9 Å². The lowest BCUT2D eigenvalue weighted by atomic mass is 10.2. The summed E-state index contributed by atoms with van der Waals surface area (Å²) in [7, 11) is 1.51. The fraction of sp³-hybridized carbons (Fsp3) is 0.300. The molecule has 2 aromatic carbocycles. The van der Waals surface area contributed by atoms with Crippen LogP contribution in [-0.2, 0) is 4.79 Å². The molecule has 0 aliphatic heterocycles. The van der Waals surface area contributed by atoms with Crippen LogP contribution in [0.25, 0.3) is 0 Å². The van der Waals surface area contributed by atoms with Gasteiger partial charge in [-0.05, 0) is 50.6 Å². The number of hydrogen-bond donors (Lipinski definition) is 2. The molecule has 0 aliphatic rings. The molecule has 0 fully saturated rings. The van der Waals surface area contributed by atoms with E-state index in [1.54, 1.807) is 18.2 Å². The van der Waals surface area contributed by atoms with Gasteiger partial charge in [0.05, 0.1) is 19.5 Å². The summed E-state index contributed by atoms with van der Waals surface area (Å²) in [5, 5.41) is 0. The average Bonchev–Trinajstić information content (AvgIpc) is 2.67. The Labute approximate surface area is 163 Å². The van der Waals surface area contributed by atoms with Crippen LogP contribution in [0.5, 0.6) is 11.5 Å². The Kier molecular flexibility index (Phi) is 7.55. The average molecular weight is 388 g/mol. The van der Waals surface area contributed by atoms with E-state index in [-0.39, 0.29) is 11.7 Å². The summed E-state index contributed by atoms with van der Waals surface area (Å²) in [5.41, 5.74) is 7.46. The van der Waals surface area contributed by atoms with Gasteiger partial charge in [-0.2, -0.15) is 0 Å². The van der Waals surface area contributed by atoms with Gasteiger partial charge in [-0.1, -0.05) is 17.7 Å². The van der Waals surface area contributed by atoms with E-state index in [1.807, 2.05) is 39.0 Å². The molecule has 0 heterocycles. The van der Waals surface area contributed by atoms with Crippen LogP contribution < -0.4 is 20.3 Å². The van der Waals surface area contributed by atoms with Crippen molar-refractivity contribution in [3.05, 3.63) is 53.1 Å². The fourth-order valence-electron chi connectivity index (χ4n) is 2.32. The monoisotopic (exact) mass is 388 g/mol. The molecule has 144 valence electrons. The van der Waals surface area contributed by atoms with Crippen LogP contribution in [0.2, 0.25) is 0 Å². The molecule has 2 aromatic rings. The first-order valence-electron chi connectivity index (χ1n) is 8.54. The molecule has 0 aromatic heterocycles. The molecule has 0 bridgehead atoms. The summed E-state index contributed by atoms with van der Waals surface area (Å²) in [4.78, 5) is 25.3. The number of carbonyl (C=O) groups is 2. The molecule has 0 unspecified atom stereocenters. The lowest BCUT2D eigenvalue weighted by molar-refractivity contribution is -0.119. The third-order valence-electron chi connectivity index (χ3n) is 3.74. The zero-order valence-corrected chi connectivity index (χ0v) is 16.7. The second-order valence-corrected chi connectivity index (χ2v) is 6.88. The summed E-state index contributed by atoms with van der Waals surface area (Å²) < 4.78 is 10.7. The number of amides is 2. The van der Waals surface area contributed by atoms with Crippen LogP contribution in [0.1, 0.15) is 28.4 Å². The van der Waals surface area contributed by atoms with E-state index in [4.69, 9.17) is 9.47 Å². The van der Waals surface area contributed by atoms with Crippen LogP contribution in [0.4, 0.5) is 0 Å². The van der Waals surface area contributed by atoms with Gasteiger partial charge in [-0.3, -0.25) is 20.4 Å². The Morgan fingerprint density at radius 2 is 1.81 bits per heavy atom. The van der Waals surface area contributed by atoms with Crippen molar-refractivity contribution in [1.82, 2.24) is 10.9 Å². The Morgan fingerprint density at radius 3 is 2.52 bits per heavy atom. The molecular formula is C20H24N2O4S. The Morgan fingerprint density at radius 1 is 1.04 bits per heavy atom. The van der Waals surface area contributed by atoms with E-state index in [0.717, 1.165) is 16.0 Å². The normalized spacial score (nSPS) is 10.2. The van der Waals surface area contributed by atoms with Crippen molar-refractivity contribution >= 4 is 23.6 Å². The summed E-state index contributed by atoms with van der Waals surface area (Å²) in [6.07, 6.45) is 0.